The number of halogens is 1. The van der Waals surface area contributed by atoms with E-state index < -0.39 is 10.9 Å². The Morgan fingerprint density at radius 3 is 2.44 bits per heavy atom. The van der Waals surface area contributed by atoms with Crippen LogP contribution in [0.1, 0.15) is 5.56 Å². The molecule has 1 aromatic carbocycles. The number of rotatable bonds is 5. The molecule has 0 bridgehead atoms. The summed E-state index contributed by atoms with van der Waals surface area (Å²) in [6.45, 7) is 0.232. The standard InChI is InChI=1S/C11H14N2O4.BrH/c1-13(2,8-11(14)15)7-9-5-3-4-6-10(9)12(16)17;/h3-6H,7-8H2,1-2H3;1H. The minimum Gasteiger partial charge on any atom is -1.00 e. The fraction of sp³-hybridized carbons (Fsp3) is 0.364. The fourth-order valence-corrected chi connectivity index (χ4v) is 1.71. The molecule has 1 aromatic rings. The molecule has 0 fully saturated rings. The van der Waals surface area contributed by atoms with E-state index in [2.05, 4.69) is 0 Å². The van der Waals surface area contributed by atoms with Crippen LogP contribution in [0, 0.1) is 10.1 Å². The lowest BCUT2D eigenvalue weighted by atomic mass is 10.1. The number of hydrogen-bond acceptors (Lipinski definition) is 3. The number of para-hydroxylation sites is 1. The third-order valence-electron chi connectivity index (χ3n) is 2.35. The van der Waals surface area contributed by atoms with Crippen molar-refractivity contribution in [2.45, 2.75) is 6.54 Å². The Bertz CT molecular complexity index is 448. The number of nitro groups is 1. The van der Waals surface area contributed by atoms with Crippen LogP contribution in [-0.4, -0.2) is 41.1 Å². The first-order valence-electron chi connectivity index (χ1n) is 5.08. The Morgan fingerprint density at radius 2 is 1.94 bits per heavy atom. The number of likely N-dealkylation sites (N-methyl/N-ethyl adjacent to an activating group) is 1. The van der Waals surface area contributed by atoms with E-state index in [1.807, 2.05) is 0 Å². The Morgan fingerprint density at radius 1 is 1.39 bits per heavy atom. The quantitative estimate of drug-likeness (QED) is 0.397. The predicted octanol–water partition coefficient (Wildman–Crippen LogP) is -1.74. The van der Waals surface area contributed by atoms with Crippen molar-refractivity contribution < 1.29 is 36.3 Å². The molecule has 0 saturated heterocycles. The second-order valence-electron chi connectivity index (χ2n) is 4.53. The van der Waals surface area contributed by atoms with Crippen LogP contribution in [0.2, 0.25) is 0 Å². The number of nitro benzene ring substituents is 1. The summed E-state index contributed by atoms with van der Waals surface area (Å²) in [5.41, 5.74) is 0.577. The van der Waals surface area contributed by atoms with Gasteiger partial charge in [-0.1, -0.05) is 12.1 Å². The van der Waals surface area contributed by atoms with Crippen LogP contribution in [-0.2, 0) is 11.3 Å². The minimum atomic E-state index is -0.923. The lowest BCUT2D eigenvalue weighted by Crippen LogP contribution is -3.00. The van der Waals surface area contributed by atoms with Gasteiger partial charge in [0.25, 0.3) is 5.69 Å². The van der Waals surface area contributed by atoms with Crippen LogP contribution >= 0.6 is 0 Å². The molecule has 1 rings (SSSR count). The van der Waals surface area contributed by atoms with Crippen LogP contribution < -0.4 is 17.0 Å². The molecule has 7 heteroatoms. The van der Waals surface area contributed by atoms with Crippen LogP contribution in [0.4, 0.5) is 5.69 Å². The van der Waals surface area contributed by atoms with E-state index in [1.54, 1.807) is 32.3 Å². The van der Waals surface area contributed by atoms with Crippen molar-refractivity contribution >= 4 is 11.7 Å². The summed E-state index contributed by atoms with van der Waals surface area (Å²) in [6, 6.07) is 6.39. The van der Waals surface area contributed by atoms with Gasteiger partial charge in [-0.15, -0.1) is 0 Å². The van der Waals surface area contributed by atoms with Crippen LogP contribution in [0.25, 0.3) is 0 Å². The number of quaternary nitrogens is 1. The molecule has 0 saturated carbocycles. The Hall–Kier alpha value is -1.47. The largest absolute Gasteiger partial charge is 1.00 e. The highest BCUT2D eigenvalue weighted by Gasteiger charge is 2.24. The first-order chi connectivity index (χ1) is 7.82. The molecule has 0 aliphatic heterocycles. The van der Waals surface area contributed by atoms with Gasteiger partial charge < -0.3 is 26.6 Å². The van der Waals surface area contributed by atoms with Gasteiger partial charge in [-0.3, -0.25) is 10.1 Å². The maximum Gasteiger partial charge on any atom is 0.359 e. The van der Waals surface area contributed by atoms with Gasteiger partial charge in [-0.2, -0.15) is 0 Å². The number of hydrogen-bond donors (Lipinski definition) is 1. The zero-order chi connectivity index (χ0) is 13.1. The minimum absolute atomic E-state index is 0. The molecule has 6 nitrogen and oxygen atoms in total. The van der Waals surface area contributed by atoms with E-state index in [-0.39, 0.29) is 33.7 Å². The molecule has 0 radical (unpaired) electrons. The number of carbonyl (C=O) groups is 1. The lowest BCUT2D eigenvalue weighted by molar-refractivity contribution is -0.896. The third-order valence-corrected chi connectivity index (χ3v) is 2.35. The second-order valence-corrected chi connectivity index (χ2v) is 4.53. The van der Waals surface area contributed by atoms with Crippen LogP contribution in [0.15, 0.2) is 24.3 Å². The van der Waals surface area contributed by atoms with Gasteiger partial charge >= 0.3 is 5.97 Å². The van der Waals surface area contributed by atoms with Crippen molar-refractivity contribution in [3.05, 3.63) is 39.9 Å². The molecule has 1 N–H and O–H groups in total. The van der Waals surface area contributed by atoms with Crippen molar-refractivity contribution in [1.82, 2.24) is 0 Å². The van der Waals surface area contributed by atoms with Gasteiger partial charge in [-0.25, -0.2) is 4.79 Å². The van der Waals surface area contributed by atoms with E-state index in [4.69, 9.17) is 5.11 Å². The summed E-state index contributed by atoms with van der Waals surface area (Å²) in [5, 5.41) is 19.6. The Kier molecular flexibility index (Phi) is 5.93. The van der Waals surface area contributed by atoms with Crippen LogP contribution in [0.5, 0.6) is 0 Å². The molecule has 0 amide bonds. The average Bonchev–Trinajstić information content (AvgIpc) is 2.14. The lowest BCUT2D eigenvalue weighted by Gasteiger charge is -2.27. The van der Waals surface area contributed by atoms with Crippen molar-refractivity contribution in [1.29, 1.82) is 0 Å². The van der Waals surface area contributed by atoms with Gasteiger partial charge in [0.15, 0.2) is 6.54 Å². The molecule has 0 aromatic heterocycles. The molecule has 18 heavy (non-hydrogen) atoms. The maximum absolute atomic E-state index is 10.8. The summed E-state index contributed by atoms with van der Waals surface area (Å²) in [7, 11) is 3.45. The number of nitrogens with zero attached hydrogens (tertiary/aromatic N) is 2. The summed E-state index contributed by atoms with van der Waals surface area (Å²) < 4.78 is 0.167. The molecule has 0 heterocycles. The highest BCUT2D eigenvalue weighted by molar-refractivity contribution is 5.67. The summed E-state index contributed by atoms with van der Waals surface area (Å²) in [5.74, 6) is -0.923. The van der Waals surface area contributed by atoms with Crippen LogP contribution in [0.3, 0.4) is 0 Å². The molecule has 0 spiro atoms. The highest BCUT2D eigenvalue weighted by atomic mass is 79.9. The van der Waals surface area contributed by atoms with Crippen molar-refractivity contribution in [2.75, 3.05) is 20.6 Å². The van der Waals surface area contributed by atoms with Crippen molar-refractivity contribution in [3.8, 4) is 0 Å². The Balaban J connectivity index is 0.00000289. The van der Waals surface area contributed by atoms with E-state index in [0.717, 1.165) is 0 Å². The predicted molar refractivity (Wildman–Crippen MR) is 61.4 cm³/mol. The zero-order valence-corrected chi connectivity index (χ0v) is 11.8. The maximum atomic E-state index is 10.8. The number of carboxylic acids is 1. The van der Waals surface area contributed by atoms with Gasteiger partial charge in [0.05, 0.1) is 24.6 Å². The first kappa shape index (κ1) is 16.5. The van der Waals surface area contributed by atoms with Gasteiger partial charge in [0.1, 0.15) is 6.54 Å². The first-order valence-corrected chi connectivity index (χ1v) is 5.08. The normalized spacial score (nSPS) is 10.6. The summed E-state index contributed by atoms with van der Waals surface area (Å²) >= 11 is 0. The van der Waals surface area contributed by atoms with Gasteiger partial charge in [-0.05, 0) is 6.07 Å². The number of carboxylic acid groups (broad SMARTS) is 1. The fourth-order valence-electron chi connectivity index (χ4n) is 1.71. The van der Waals surface area contributed by atoms with Crippen molar-refractivity contribution in [3.63, 3.8) is 0 Å². The number of aliphatic carboxylic acids is 1. The van der Waals surface area contributed by atoms with Crippen molar-refractivity contribution in [2.24, 2.45) is 0 Å². The molecule has 0 aliphatic rings. The smallest absolute Gasteiger partial charge is 0.359 e. The molecule has 0 atom stereocenters. The topological polar surface area (TPSA) is 80.4 Å². The van der Waals surface area contributed by atoms with E-state index in [1.165, 1.54) is 6.07 Å². The molecule has 100 valence electrons. The summed E-state index contributed by atoms with van der Waals surface area (Å²) in [4.78, 5) is 21.0. The highest BCUT2D eigenvalue weighted by Crippen LogP contribution is 2.21. The second kappa shape index (κ2) is 6.46. The molecule has 0 aliphatic carbocycles. The molecular weight excluding hydrogens is 304 g/mol. The monoisotopic (exact) mass is 318 g/mol. The molecular formula is C11H15BrN2O4. The zero-order valence-electron chi connectivity index (χ0n) is 10.2. The molecule has 0 unspecified atom stereocenters. The summed E-state index contributed by atoms with van der Waals surface area (Å²) in [6.07, 6.45) is 0. The SMILES string of the molecule is C[N+](C)(CC(=O)O)Cc1ccccc1[N+](=O)[O-].[Br-]. The van der Waals surface area contributed by atoms with Gasteiger partial charge in [0, 0.05) is 6.07 Å². The van der Waals surface area contributed by atoms with E-state index in [9.17, 15) is 14.9 Å². The Labute approximate surface area is 115 Å². The number of benzene rings is 1. The average molecular weight is 319 g/mol. The van der Waals surface area contributed by atoms with E-state index >= 15 is 0 Å². The third kappa shape index (κ3) is 4.80. The van der Waals surface area contributed by atoms with E-state index in [0.29, 0.717) is 12.1 Å². The van der Waals surface area contributed by atoms with Gasteiger partial charge in [0.2, 0.25) is 0 Å².